The van der Waals surface area contributed by atoms with Gasteiger partial charge in [0.2, 0.25) is 0 Å². The van der Waals surface area contributed by atoms with E-state index >= 15 is 0 Å². The standard InChI is InChI=1S/C15H14ClF2N/c1-9-4-2-3-5-10(9)6-15(19)11-7-13(17)14(18)8-12(11)16/h2-5,7-8,15H,6,19H2,1H3. The fourth-order valence-electron chi connectivity index (χ4n) is 2.01. The van der Waals surface area contributed by atoms with E-state index in [9.17, 15) is 8.78 Å². The molecule has 2 aromatic rings. The van der Waals surface area contributed by atoms with Crippen molar-refractivity contribution in [1.82, 2.24) is 0 Å². The normalized spacial score (nSPS) is 12.5. The molecule has 1 nitrogen and oxygen atoms in total. The average Bonchev–Trinajstić information content (AvgIpc) is 2.36. The number of aryl methyl sites for hydroxylation is 1. The van der Waals surface area contributed by atoms with Crippen LogP contribution in [0.5, 0.6) is 0 Å². The summed E-state index contributed by atoms with van der Waals surface area (Å²) in [6.45, 7) is 1.98. The van der Waals surface area contributed by atoms with Gasteiger partial charge >= 0.3 is 0 Å². The molecule has 0 heterocycles. The number of benzene rings is 2. The molecule has 100 valence electrons. The lowest BCUT2D eigenvalue weighted by Crippen LogP contribution is -2.15. The topological polar surface area (TPSA) is 26.0 Å². The molecule has 0 saturated heterocycles. The molecule has 2 aromatic carbocycles. The minimum absolute atomic E-state index is 0.153. The highest BCUT2D eigenvalue weighted by atomic mass is 35.5. The summed E-state index contributed by atoms with van der Waals surface area (Å²) in [5, 5.41) is 0.153. The van der Waals surface area contributed by atoms with Crippen molar-refractivity contribution in [2.24, 2.45) is 5.73 Å². The maximum absolute atomic E-state index is 13.2. The first-order valence-corrected chi connectivity index (χ1v) is 6.31. The highest BCUT2D eigenvalue weighted by Gasteiger charge is 2.15. The Balaban J connectivity index is 2.28. The molecule has 19 heavy (non-hydrogen) atoms. The summed E-state index contributed by atoms with van der Waals surface area (Å²) in [6.07, 6.45) is 0.525. The Morgan fingerprint density at radius 3 is 2.47 bits per heavy atom. The predicted octanol–water partition coefficient (Wildman–Crippen LogP) is 4.17. The molecule has 1 unspecified atom stereocenters. The molecule has 0 aliphatic rings. The van der Waals surface area contributed by atoms with E-state index < -0.39 is 17.7 Å². The first-order valence-electron chi connectivity index (χ1n) is 5.93. The van der Waals surface area contributed by atoms with Crippen molar-refractivity contribution in [3.8, 4) is 0 Å². The molecule has 0 radical (unpaired) electrons. The average molecular weight is 282 g/mol. The molecule has 0 aliphatic carbocycles. The molecule has 0 aromatic heterocycles. The van der Waals surface area contributed by atoms with Crippen LogP contribution in [0.1, 0.15) is 22.7 Å². The van der Waals surface area contributed by atoms with Crippen molar-refractivity contribution >= 4 is 11.6 Å². The molecular weight excluding hydrogens is 268 g/mol. The van der Waals surface area contributed by atoms with Gasteiger partial charge < -0.3 is 5.73 Å². The van der Waals surface area contributed by atoms with Crippen molar-refractivity contribution in [2.75, 3.05) is 0 Å². The number of halogens is 3. The lowest BCUT2D eigenvalue weighted by molar-refractivity contribution is 0.505. The van der Waals surface area contributed by atoms with Crippen LogP contribution < -0.4 is 5.73 Å². The van der Waals surface area contributed by atoms with E-state index in [1.165, 1.54) is 0 Å². The van der Waals surface area contributed by atoms with Crippen LogP contribution in [0, 0.1) is 18.6 Å². The third-order valence-corrected chi connectivity index (χ3v) is 3.47. The monoisotopic (exact) mass is 281 g/mol. The Morgan fingerprint density at radius 2 is 1.79 bits per heavy atom. The molecule has 0 amide bonds. The SMILES string of the molecule is Cc1ccccc1CC(N)c1cc(F)c(F)cc1Cl. The van der Waals surface area contributed by atoms with Gasteiger partial charge in [0.05, 0.1) is 0 Å². The van der Waals surface area contributed by atoms with Crippen LogP contribution in [-0.2, 0) is 6.42 Å². The zero-order valence-corrected chi connectivity index (χ0v) is 11.2. The Morgan fingerprint density at radius 1 is 1.16 bits per heavy atom. The summed E-state index contributed by atoms with van der Waals surface area (Å²) in [4.78, 5) is 0. The summed E-state index contributed by atoms with van der Waals surface area (Å²) in [5.74, 6) is -1.89. The number of hydrogen-bond acceptors (Lipinski definition) is 1. The van der Waals surface area contributed by atoms with E-state index in [0.717, 1.165) is 23.3 Å². The Kier molecular flexibility index (Phi) is 4.17. The van der Waals surface area contributed by atoms with E-state index in [1.807, 2.05) is 31.2 Å². The van der Waals surface area contributed by atoms with Gasteiger partial charge in [-0.25, -0.2) is 8.78 Å². The van der Waals surface area contributed by atoms with Crippen LogP contribution in [0.2, 0.25) is 5.02 Å². The van der Waals surface area contributed by atoms with Crippen LogP contribution in [0.15, 0.2) is 36.4 Å². The molecular formula is C15H14ClF2N. The van der Waals surface area contributed by atoms with Gasteiger partial charge in [-0.1, -0.05) is 35.9 Å². The van der Waals surface area contributed by atoms with Crippen molar-refractivity contribution < 1.29 is 8.78 Å². The summed E-state index contributed by atoms with van der Waals surface area (Å²) in [6, 6.07) is 9.36. The first kappa shape index (κ1) is 14.0. The first-order chi connectivity index (χ1) is 8.99. The van der Waals surface area contributed by atoms with Gasteiger partial charge in [0.25, 0.3) is 0 Å². The molecule has 0 saturated carbocycles. The van der Waals surface area contributed by atoms with Gasteiger partial charge in [0, 0.05) is 11.1 Å². The lowest BCUT2D eigenvalue weighted by Gasteiger charge is -2.15. The predicted molar refractivity (Wildman–Crippen MR) is 73.2 cm³/mol. The molecule has 2 N–H and O–H groups in total. The van der Waals surface area contributed by atoms with E-state index in [2.05, 4.69) is 0 Å². The van der Waals surface area contributed by atoms with Gasteiger partial charge in [-0.15, -0.1) is 0 Å². The molecule has 0 bridgehead atoms. The number of hydrogen-bond donors (Lipinski definition) is 1. The van der Waals surface area contributed by atoms with Crippen molar-refractivity contribution in [1.29, 1.82) is 0 Å². The largest absolute Gasteiger partial charge is 0.324 e. The summed E-state index contributed by atoms with van der Waals surface area (Å²) in [5.41, 5.74) is 8.64. The molecule has 0 spiro atoms. The zero-order chi connectivity index (χ0) is 14.0. The van der Waals surface area contributed by atoms with E-state index in [1.54, 1.807) is 0 Å². The zero-order valence-electron chi connectivity index (χ0n) is 10.5. The Hall–Kier alpha value is -1.45. The molecule has 2 rings (SSSR count). The molecule has 4 heteroatoms. The second-order valence-electron chi connectivity index (χ2n) is 4.52. The summed E-state index contributed by atoms with van der Waals surface area (Å²) in [7, 11) is 0. The maximum atomic E-state index is 13.2. The quantitative estimate of drug-likeness (QED) is 0.840. The van der Waals surface area contributed by atoms with Crippen LogP contribution >= 0.6 is 11.6 Å². The van der Waals surface area contributed by atoms with Gasteiger partial charge in [0.1, 0.15) is 0 Å². The summed E-state index contributed by atoms with van der Waals surface area (Å²) >= 11 is 5.92. The molecule has 0 fully saturated rings. The second kappa shape index (κ2) is 5.68. The fourth-order valence-corrected chi connectivity index (χ4v) is 2.30. The number of rotatable bonds is 3. The van der Waals surface area contributed by atoms with Crippen LogP contribution in [0.3, 0.4) is 0 Å². The summed E-state index contributed by atoms with van der Waals surface area (Å²) < 4.78 is 26.3. The van der Waals surface area contributed by atoms with E-state index in [4.69, 9.17) is 17.3 Å². The van der Waals surface area contributed by atoms with Crippen LogP contribution in [-0.4, -0.2) is 0 Å². The Labute approximate surface area is 116 Å². The second-order valence-corrected chi connectivity index (χ2v) is 4.93. The Bertz CT molecular complexity index is 599. The van der Waals surface area contributed by atoms with E-state index in [-0.39, 0.29) is 5.02 Å². The van der Waals surface area contributed by atoms with Crippen LogP contribution in [0.25, 0.3) is 0 Å². The third kappa shape index (κ3) is 3.11. The van der Waals surface area contributed by atoms with Gasteiger partial charge in [-0.2, -0.15) is 0 Å². The van der Waals surface area contributed by atoms with E-state index in [0.29, 0.717) is 12.0 Å². The number of nitrogens with two attached hydrogens (primary N) is 1. The highest BCUT2D eigenvalue weighted by Crippen LogP contribution is 2.27. The maximum Gasteiger partial charge on any atom is 0.160 e. The van der Waals surface area contributed by atoms with Crippen molar-refractivity contribution in [3.63, 3.8) is 0 Å². The minimum Gasteiger partial charge on any atom is -0.324 e. The van der Waals surface area contributed by atoms with Crippen molar-refractivity contribution in [2.45, 2.75) is 19.4 Å². The molecule has 0 aliphatic heterocycles. The smallest absolute Gasteiger partial charge is 0.160 e. The third-order valence-electron chi connectivity index (χ3n) is 3.14. The fraction of sp³-hybridized carbons (Fsp3) is 0.200. The van der Waals surface area contributed by atoms with Gasteiger partial charge in [0.15, 0.2) is 11.6 Å². The molecule has 1 atom stereocenters. The van der Waals surface area contributed by atoms with Crippen molar-refractivity contribution in [3.05, 3.63) is 69.7 Å². The van der Waals surface area contributed by atoms with Gasteiger partial charge in [-0.3, -0.25) is 0 Å². The van der Waals surface area contributed by atoms with Gasteiger partial charge in [-0.05, 0) is 42.2 Å². The minimum atomic E-state index is -0.961. The lowest BCUT2D eigenvalue weighted by atomic mass is 9.96. The van der Waals surface area contributed by atoms with Crippen LogP contribution in [0.4, 0.5) is 8.78 Å². The highest BCUT2D eigenvalue weighted by molar-refractivity contribution is 6.31.